The third-order valence-electron chi connectivity index (χ3n) is 6.25. The van der Waals surface area contributed by atoms with E-state index in [2.05, 4.69) is 25.6 Å². The van der Waals surface area contributed by atoms with Crippen molar-refractivity contribution in [3.63, 3.8) is 0 Å². The summed E-state index contributed by atoms with van der Waals surface area (Å²) in [7, 11) is -4.33. The maximum Gasteiger partial charge on any atom is 0.410 e. The first-order valence-corrected chi connectivity index (χ1v) is 14.3. The summed E-state index contributed by atoms with van der Waals surface area (Å²) in [6, 6.07) is 13.4. The molecule has 11 heteroatoms. The molecule has 0 aliphatic carbocycles. The van der Waals surface area contributed by atoms with Crippen molar-refractivity contribution in [2.24, 2.45) is 0 Å². The van der Waals surface area contributed by atoms with Crippen LogP contribution in [0, 0.1) is 0 Å². The number of piperidine rings is 1. The highest BCUT2D eigenvalue weighted by molar-refractivity contribution is 9.10. The summed E-state index contributed by atoms with van der Waals surface area (Å²) in [5.74, 6) is -0.678. The van der Waals surface area contributed by atoms with Crippen molar-refractivity contribution in [2.75, 3.05) is 13.1 Å². The Hall–Kier alpha value is -2.69. The standard InChI is InChI=1S/C26H27BrClN3O5S/c1-25(2,3)36-24(33)31-13-10-26(11-14-31,18-6-8-19(27)9-7-18)23(32)30-37(34,35)21-16-20(28)15-17-5-4-12-29-22(17)21/h4-9,12,15-16H,10-11,13-14H2,1-3H3,(H,30,32). The summed E-state index contributed by atoms with van der Waals surface area (Å²) < 4.78 is 35.6. The number of likely N-dealkylation sites (tertiary alicyclic amines) is 1. The highest BCUT2D eigenvalue weighted by Crippen LogP contribution is 2.38. The summed E-state index contributed by atoms with van der Waals surface area (Å²) in [5.41, 5.74) is -0.976. The molecule has 1 saturated heterocycles. The Balaban J connectivity index is 1.67. The van der Waals surface area contributed by atoms with E-state index in [1.165, 1.54) is 12.3 Å². The van der Waals surface area contributed by atoms with Gasteiger partial charge in [0.25, 0.3) is 10.0 Å². The lowest BCUT2D eigenvalue weighted by Crippen LogP contribution is -2.54. The normalized spacial score (nSPS) is 15.9. The van der Waals surface area contributed by atoms with Crippen LogP contribution < -0.4 is 4.72 Å². The highest BCUT2D eigenvalue weighted by Gasteiger charge is 2.46. The number of amides is 2. The minimum absolute atomic E-state index is 0.180. The molecule has 0 unspecified atom stereocenters. The summed E-state index contributed by atoms with van der Waals surface area (Å²) in [5, 5.41) is 0.748. The van der Waals surface area contributed by atoms with Gasteiger partial charge < -0.3 is 9.64 Å². The molecule has 37 heavy (non-hydrogen) atoms. The quantitative estimate of drug-likeness (QED) is 0.424. The number of fused-ring (bicyclic) bond motifs is 1. The second-order valence-electron chi connectivity index (χ2n) is 9.97. The van der Waals surface area contributed by atoms with Gasteiger partial charge >= 0.3 is 6.09 Å². The number of ether oxygens (including phenoxy) is 1. The van der Waals surface area contributed by atoms with Crippen LogP contribution in [0.3, 0.4) is 0 Å². The second-order valence-corrected chi connectivity index (χ2v) is 13.0. The molecule has 1 N–H and O–H groups in total. The van der Waals surface area contributed by atoms with Gasteiger partial charge in [0.15, 0.2) is 0 Å². The molecule has 1 aromatic heterocycles. The number of benzene rings is 2. The first-order chi connectivity index (χ1) is 17.3. The van der Waals surface area contributed by atoms with Crippen LogP contribution in [0.4, 0.5) is 4.79 Å². The molecule has 2 aromatic carbocycles. The molecular formula is C26H27BrClN3O5S. The molecule has 0 atom stereocenters. The lowest BCUT2D eigenvalue weighted by molar-refractivity contribution is -0.126. The molecular weight excluding hydrogens is 582 g/mol. The van der Waals surface area contributed by atoms with Gasteiger partial charge in [0.1, 0.15) is 10.5 Å². The maximum atomic E-state index is 13.8. The Morgan fingerprint density at radius 2 is 1.76 bits per heavy atom. The molecule has 1 aliphatic rings. The molecule has 196 valence electrons. The van der Waals surface area contributed by atoms with Crippen LogP contribution in [0.1, 0.15) is 39.2 Å². The summed E-state index contributed by atoms with van der Waals surface area (Å²) >= 11 is 9.59. The van der Waals surface area contributed by atoms with Gasteiger partial charge in [-0.1, -0.05) is 45.7 Å². The Morgan fingerprint density at radius 1 is 1.11 bits per heavy atom. The van der Waals surface area contributed by atoms with E-state index < -0.39 is 33.0 Å². The molecule has 0 bridgehead atoms. The minimum atomic E-state index is -4.33. The fraction of sp³-hybridized carbons (Fsp3) is 0.346. The van der Waals surface area contributed by atoms with Crippen LogP contribution in [0.5, 0.6) is 0 Å². The third kappa shape index (κ3) is 5.91. The van der Waals surface area contributed by atoms with Crippen LogP contribution >= 0.6 is 27.5 Å². The highest BCUT2D eigenvalue weighted by atomic mass is 79.9. The van der Waals surface area contributed by atoms with Crippen molar-refractivity contribution < 1.29 is 22.7 Å². The minimum Gasteiger partial charge on any atom is -0.444 e. The number of hydrogen-bond donors (Lipinski definition) is 1. The van der Waals surface area contributed by atoms with Gasteiger partial charge in [0.05, 0.1) is 10.9 Å². The number of carbonyl (C=O) groups excluding carboxylic acids is 2. The number of nitrogens with zero attached hydrogens (tertiary/aromatic N) is 2. The Kier molecular flexibility index (Phi) is 7.56. The van der Waals surface area contributed by atoms with Crippen molar-refractivity contribution in [3.05, 3.63) is 69.8 Å². The van der Waals surface area contributed by atoms with Gasteiger partial charge in [-0.3, -0.25) is 9.78 Å². The van der Waals surface area contributed by atoms with E-state index in [1.54, 1.807) is 68.1 Å². The van der Waals surface area contributed by atoms with Gasteiger partial charge in [-0.2, -0.15) is 0 Å². The van der Waals surface area contributed by atoms with Crippen LogP contribution in [-0.2, 0) is 25.0 Å². The first-order valence-electron chi connectivity index (χ1n) is 11.7. The number of rotatable bonds is 4. The smallest absolute Gasteiger partial charge is 0.410 e. The van der Waals surface area contributed by atoms with Crippen molar-refractivity contribution in [2.45, 2.75) is 49.5 Å². The molecule has 1 aliphatic heterocycles. The zero-order chi connectivity index (χ0) is 27.0. The number of pyridine rings is 1. The number of sulfonamides is 1. The molecule has 0 saturated carbocycles. The molecule has 3 aromatic rings. The van der Waals surface area contributed by atoms with E-state index in [9.17, 15) is 18.0 Å². The predicted octanol–water partition coefficient (Wildman–Crippen LogP) is 5.42. The van der Waals surface area contributed by atoms with Crippen LogP contribution in [0.2, 0.25) is 5.02 Å². The summed E-state index contributed by atoms with van der Waals surface area (Å²) in [6.07, 6.45) is 1.43. The van der Waals surface area contributed by atoms with Crippen LogP contribution in [-0.4, -0.2) is 49.0 Å². The molecule has 0 spiro atoms. The molecule has 2 heterocycles. The molecule has 8 nitrogen and oxygen atoms in total. The Labute approximate surface area is 229 Å². The number of halogens is 2. The largest absolute Gasteiger partial charge is 0.444 e. The fourth-order valence-corrected chi connectivity index (χ4v) is 6.23. The zero-order valence-corrected chi connectivity index (χ0v) is 23.8. The average molecular weight is 609 g/mol. The van der Waals surface area contributed by atoms with Crippen molar-refractivity contribution in [3.8, 4) is 0 Å². The lowest BCUT2D eigenvalue weighted by atomic mass is 9.72. The number of aromatic nitrogens is 1. The number of carbonyl (C=O) groups is 2. The fourth-order valence-electron chi connectivity index (χ4n) is 4.42. The van der Waals surface area contributed by atoms with E-state index in [-0.39, 0.29) is 41.4 Å². The van der Waals surface area contributed by atoms with Crippen molar-refractivity contribution in [1.82, 2.24) is 14.6 Å². The van der Waals surface area contributed by atoms with E-state index >= 15 is 0 Å². The van der Waals surface area contributed by atoms with Gasteiger partial charge in [0.2, 0.25) is 5.91 Å². The van der Waals surface area contributed by atoms with Gasteiger partial charge in [0, 0.05) is 34.2 Å². The van der Waals surface area contributed by atoms with Crippen molar-refractivity contribution in [1.29, 1.82) is 0 Å². The van der Waals surface area contributed by atoms with E-state index in [4.69, 9.17) is 16.3 Å². The third-order valence-corrected chi connectivity index (χ3v) is 8.34. The molecule has 4 rings (SSSR count). The number of hydrogen-bond acceptors (Lipinski definition) is 6. The van der Waals surface area contributed by atoms with Crippen LogP contribution in [0.15, 0.2) is 64.1 Å². The second kappa shape index (κ2) is 10.2. The number of nitrogens with one attached hydrogen (secondary N) is 1. The van der Waals surface area contributed by atoms with Gasteiger partial charge in [-0.05, 0) is 69.5 Å². The summed E-state index contributed by atoms with van der Waals surface area (Å²) in [6.45, 7) is 5.80. The van der Waals surface area contributed by atoms with E-state index in [0.29, 0.717) is 10.9 Å². The molecule has 2 amide bonds. The van der Waals surface area contributed by atoms with Gasteiger partial charge in [-0.15, -0.1) is 0 Å². The first kappa shape index (κ1) is 27.3. The Morgan fingerprint density at radius 3 is 2.38 bits per heavy atom. The molecule has 1 fully saturated rings. The lowest BCUT2D eigenvalue weighted by Gasteiger charge is -2.41. The Bertz CT molecular complexity index is 1450. The molecule has 0 radical (unpaired) electrons. The summed E-state index contributed by atoms with van der Waals surface area (Å²) in [4.78, 5) is 32.0. The van der Waals surface area contributed by atoms with Gasteiger partial charge in [-0.25, -0.2) is 17.9 Å². The zero-order valence-electron chi connectivity index (χ0n) is 20.6. The maximum absolute atomic E-state index is 13.8. The van der Waals surface area contributed by atoms with E-state index in [0.717, 1.165) is 4.47 Å². The SMILES string of the molecule is CC(C)(C)OC(=O)N1CCC(C(=O)NS(=O)(=O)c2cc(Cl)cc3cccnc23)(c2ccc(Br)cc2)CC1. The topological polar surface area (TPSA) is 106 Å². The predicted molar refractivity (Wildman–Crippen MR) is 145 cm³/mol. The van der Waals surface area contributed by atoms with Crippen LogP contribution in [0.25, 0.3) is 10.9 Å². The average Bonchev–Trinajstić information content (AvgIpc) is 2.82. The van der Waals surface area contributed by atoms with Crippen molar-refractivity contribution >= 4 is 60.5 Å². The monoisotopic (exact) mass is 607 g/mol. The van der Waals surface area contributed by atoms with E-state index in [1.807, 2.05) is 0 Å².